The first-order valence-corrected chi connectivity index (χ1v) is 16.9. The highest BCUT2D eigenvalue weighted by Crippen LogP contribution is 2.46. The summed E-state index contributed by atoms with van der Waals surface area (Å²) in [6, 6.07) is 43.0. The standard InChI is InChI=1S/C36H36O2P2/c1-5-17-29(18-6-1)39(30-19-7-2-8-20-30)37-35-27-15-13-25-33(35)34-26-14-16-28-36(34)38-40(31-21-9-3-10-22-31)32-23-11-4-12-24-32/h1-12,17-26,35-36H,13-16,27-28H2/t35-,36-/m1/s1. The van der Waals surface area contributed by atoms with Gasteiger partial charge in [-0.2, -0.15) is 0 Å². The van der Waals surface area contributed by atoms with Crippen LogP contribution in [0.2, 0.25) is 0 Å². The van der Waals surface area contributed by atoms with Crippen LogP contribution in [0.3, 0.4) is 0 Å². The van der Waals surface area contributed by atoms with Crippen molar-refractivity contribution in [1.82, 2.24) is 0 Å². The summed E-state index contributed by atoms with van der Waals surface area (Å²) < 4.78 is 14.3. The van der Waals surface area contributed by atoms with Crippen LogP contribution in [0.5, 0.6) is 0 Å². The van der Waals surface area contributed by atoms with Crippen LogP contribution in [0.4, 0.5) is 0 Å². The number of allylic oxidation sites excluding steroid dienone is 2. The average molecular weight is 563 g/mol. The summed E-state index contributed by atoms with van der Waals surface area (Å²) in [5.74, 6) is 0. The third-order valence-electron chi connectivity index (χ3n) is 7.52. The minimum atomic E-state index is -0.929. The smallest absolute Gasteiger partial charge is 0.0926 e. The van der Waals surface area contributed by atoms with Crippen LogP contribution in [-0.4, -0.2) is 12.2 Å². The average Bonchev–Trinajstić information content (AvgIpc) is 3.04. The Morgan fingerprint density at radius 3 is 1.02 bits per heavy atom. The Balaban J connectivity index is 1.30. The highest BCUT2D eigenvalue weighted by molar-refractivity contribution is 7.68. The van der Waals surface area contributed by atoms with E-state index in [9.17, 15) is 0 Å². The summed E-state index contributed by atoms with van der Waals surface area (Å²) in [7, 11) is -1.86. The third-order valence-corrected chi connectivity index (χ3v) is 11.5. The second-order valence-electron chi connectivity index (χ2n) is 10.3. The Hall–Kier alpha value is -2.86. The van der Waals surface area contributed by atoms with Gasteiger partial charge in [0.25, 0.3) is 0 Å². The normalized spacial score (nSPS) is 19.4. The lowest BCUT2D eigenvalue weighted by molar-refractivity contribution is 0.220. The van der Waals surface area contributed by atoms with Gasteiger partial charge in [0, 0.05) is 21.2 Å². The van der Waals surface area contributed by atoms with Crippen molar-refractivity contribution < 1.29 is 9.05 Å². The van der Waals surface area contributed by atoms with E-state index in [1.54, 1.807) is 0 Å². The molecule has 2 atom stereocenters. The van der Waals surface area contributed by atoms with Gasteiger partial charge in [-0.05, 0) is 49.7 Å². The van der Waals surface area contributed by atoms with Crippen LogP contribution in [0.15, 0.2) is 145 Å². The van der Waals surface area contributed by atoms with E-state index < -0.39 is 16.3 Å². The minimum absolute atomic E-state index is 0.0652. The molecule has 4 heteroatoms. The molecule has 4 aromatic rings. The van der Waals surface area contributed by atoms with E-state index in [4.69, 9.17) is 9.05 Å². The lowest BCUT2D eigenvalue weighted by Gasteiger charge is -2.36. The highest BCUT2D eigenvalue weighted by Gasteiger charge is 2.33. The van der Waals surface area contributed by atoms with E-state index in [1.807, 2.05) is 0 Å². The fourth-order valence-corrected chi connectivity index (χ4v) is 9.37. The van der Waals surface area contributed by atoms with Gasteiger partial charge in [0.1, 0.15) is 0 Å². The van der Waals surface area contributed by atoms with Gasteiger partial charge in [0.15, 0.2) is 0 Å². The predicted molar refractivity (Wildman–Crippen MR) is 172 cm³/mol. The van der Waals surface area contributed by atoms with Gasteiger partial charge >= 0.3 is 0 Å². The van der Waals surface area contributed by atoms with Crippen molar-refractivity contribution >= 4 is 37.5 Å². The van der Waals surface area contributed by atoms with Gasteiger partial charge in [0.2, 0.25) is 0 Å². The van der Waals surface area contributed by atoms with E-state index in [0.29, 0.717) is 0 Å². The second-order valence-corrected chi connectivity index (χ2v) is 14.0. The van der Waals surface area contributed by atoms with Crippen molar-refractivity contribution in [1.29, 1.82) is 0 Å². The van der Waals surface area contributed by atoms with Gasteiger partial charge in [-0.25, -0.2) is 0 Å². The van der Waals surface area contributed by atoms with E-state index in [2.05, 4.69) is 133 Å². The van der Waals surface area contributed by atoms with Crippen LogP contribution < -0.4 is 21.2 Å². The van der Waals surface area contributed by atoms with Gasteiger partial charge in [0.05, 0.1) is 28.5 Å². The van der Waals surface area contributed by atoms with E-state index in [-0.39, 0.29) is 12.2 Å². The van der Waals surface area contributed by atoms with Crippen molar-refractivity contribution in [3.63, 3.8) is 0 Å². The van der Waals surface area contributed by atoms with Crippen LogP contribution >= 0.6 is 16.3 Å². The zero-order chi connectivity index (χ0) is 27.0. The Kier molecular flexibility index (Phi) is 9.33. The molecule has 0 fully saturated rings. The van der Waals surface area contributed by atoms with Crippen molar-refractivity contribution in [2.24, 2.45) is 0 Å². The zero-order valence-corrected chi connectivity index (χ0v) is 24.6. The van der Waals surface area contributed by atoms with E-state index in [1.165, 1.54) is 32.4 Å². The topological polar surface area (TPSA) is 18.5 Å². The number of benzene rings is 4. The zero-order valence-electron chi connectivity index (χ0n) is 22.8. The molecule has 0 aliphatic heterocycles. The molecule has 2 nitrogen and oxygen atoms in total. The molecule has 0 radical (unpaired) electrons. The van der Waals surface area contributed by atoms with E-state index in [0.717, 1.165) is 38.5 Å². The predicted octanol–water partition coefficient (Wildman–Crippen LogP) is 8.07. The molecule has 0 saturated heterocycles. The molecule has 0 amide bonds. The quantitative estimate of drug-likeness (QED) is 0.192. The first kappa shape index (κ1) is 27.3. The summed E-state index contributed by atoms with van der Waals surface area (Å²) in [5, 5.41) is 5.04. The van der Waals surface area contributed by atoms with Gasteiger partial charge in [-0.1, -0.05) is 133 Å². The van der Waals surface area contributed by atoms with Crippen LogP contribution in [-0.2, 0) is 9.05 Å². The molecule has 2 aliphatic rings. The molecule has 202 valence electrons. The minimum Gasteiger partial charge on any atom is -0.342 e. The molecule has 0 N–H and O–H groups in total. The first-order valence-electron chi connectivity index (χ1n) is 14.4. The lowest BCUT2D eigenvalue weighted by Crippen LogP contribution is -2.29. The Morgan fingerprint density at radius 1 is 0.425 bits per heavy atom. The number of rotatable bonds is 9. The summed E-state index contributed by atoms with van der Waals surface area (Å²) in [6.45, 7) is 0. The Labute approximate surface area is 241 Å². The monoisotopic (exact) mass is 562 g/mol. The van der Waals surface area contributed by atoms with Crippen molar-refractivity contribution in [3.05, 3.63) is 145 Å². The van der Waals surface area contributed by atoms with Crippen LogP contribution in [0.25, 0.3) is 0 Å². The molecule has 0 spiro atoms. The lowest BCUT2D eigenvalue weighted by atomic mass is 9.84. The molecule has 0 aromatic heterocycles. The largest absolute Gasteiger partial charge is 0.342 e. The maximum absolute atomic E-state index is 7.16. The molecule has 0 heterocycles. The highest BCUT2D eigenvalue weighted by atomic mass is 31.1. The Morgan fingerprint density at radius 2 is 0.725 bits per heavy atom. The molecule has 0 unspecified atom stereocenters. The van der Waals surface area contributed by atoms with Crippen LogP contribution in [0.1, 0.15) is 38.5 Å². The maximum atomic E-state index is 7.16. The molecule has 2 aliphatic carbocycles. The number of hydrogen-bond acceptors (Lipinski definition) is 2. The molecule has 40 heavy (non-hydrogen) atoms. The van der Waals surface area contributed by atoms with Gasteiger partial charge < -0.3 is 9.05 Å². The van der Waals surface area contributed by atoms with Gasteiger partial charge in [-0.15, -0.1) is 0 Å². The Bertz CT molecular complexity index is 1210. The van der Waals surface area contributed by atoms with Crippen molar-refractivity contribution in [2.75, 3.05) is 0 Å². The SMILES string of the molecule is C1=C(C2=CCCC[C@H]2OP(c2ccccc2)c2ccccc2)[C@H](OP(c2ccccc2)c2ccccc2)CCC1. The molecule has 4 aromatic carbocycles. The maximum Gasteiger partial charge on any atom is 0.0926 e. The fourth-order valence-electron chi connectivity index (χ4n) is 5.57. The molecule has 6 rings (SSSR count). The van der Waals surface area contributed by atoms with Crippen LogP contribution in [0, 0.1) is 0 Å². The third kappa shape index (κ3) is 6.54. The molecular formula is C36H36O2P2. The number of hydrogen-bond donors (Lipinski definition) is 0. The summed E-state index contributed by atoms with van der Waals surface area (Å²) in [4.78, 5) is 0. The molecule has 0 bridgehead atoms. The summed E-state index contributed by atoms with van der Waals surface area (Å²) in [6.07, 6.45) is 11.6. The molecular weight excluding hydrogens is 526 g/mol. The molecule has 0 saturated carbocycles. The van der Waals surface area contributed by atoms with E-state index >= 15 is 0 Å². The second kappa shape index (κ2) is 13.7. The van der Waals surface area contributed by atoms with Gasteiger partial charge in [-0.3, -0.25) is 0 Å². The fraction of sp³-hybridized carbons (Fsp3) is 0.222. The van der Waals surface area contributed by atoms with Crippen molar-refractivity contribution in [3.8, 4) is 0 Å². The first-order chi connectivity index (χ1) is 19.9. The summed E-state index contributed by atoms with van der Waals surface area (Å²) in [5.41, 5.74) is 2.71. The summed E-state index contributed by atoms with van der Waals surface area (Å²) >= 11 is 0. The van der Waals surface area contributed by atoms with Crippen molar-refractivity contribution in [2.45, 2.75) is 50.7 Å².